The third-order valence-corrected chi connectivity index (χ3v) is 3.95. The molecule has 0 radical (unpaired) electrons. The minimum Gasteiger partial charge on any atom is -0.339 e. The van der Waals surface area contributed by atoms with Gasteiger partial charge in [0.05, 0.1) is 11.3 Å². The highest BCUT2D eigenvalue weighted by molar-refractivity contribution is 5.80. The van der Waals surface area contributed by atoms with Crippen molar-refractivity contribution in [3.05, 3.63) is 39.9 Å². The van der Waals surface area contributed by atoms with Crippen LogP contribution in [0.4, 0.5) is 5.69 Å². The fourth-order valence-corrected chi connectivity index (χ4v) is 2.86. The van der Waals surface area contributed by atoms with E-state index in [2.05, 4.69) is 6.92 Å². The van der Waals surface area contributed by atoms with E-state index in [1.807, 2.05) is 4.90 Å². The number of hydrogen-bond donors (Lipinski definition) is 0. The van der Waals surface area contributed by atoms with Crippen LogP contribution in [0.3, 0.4) is 0 Å². The van der Waals surface area contributed by atoms with Gasteiger partial charge in [-0.1, -0.05) is 25.1 Å². The lowest BCUT2D eigenvalue weighted by Gasteiger charge is -2.35. The zero-order valence-electron chi connectivity index (χ0n) is 11.7. The van der Waals surface area contributed by atoms with Gasteiger partial charge in [-0.05, 0) is 25.7 Å². The van der Waals surface area contributed by atoms with Crippen LogP contribution in [0.25, 0.3) is 0 Å². The molecule has 1 aliphatic rings. The summed E-state index contributed by atoms with van der Waals surface area (Å²) < 4.78 is 0. The van der Waals surface area contributed by atoms with E-state index in [0.717, 1.165) is 32.2 Å². The summed E-state index contributed by atoms with van der Waals surface area (Å²) in [5.74, 6) is 0.00542. The maximum absolute atomic E-state index is 12.4. The van der Waals surface area contributed by atoms with Crippen molar-refractivity contribution in [2.75, 3.05) is 6.54 Å². The first-order chi connectivity index (χ1) is 9.63. The van der Waals surface area contributed by atoms with E-state index in [1.165, 1.54) is 6.07 Å². The molecule has 1 unspecified atom stereocenters. The summed E-state index contributed by atoms with van der Waals surface area (Å²) in [6.45, 7) is 2.86. The highest BCUT2D eigenvalue weighted by atomic mass is 16.6. The molecule has 5 heteroatoms. The molecule has 1 aliphatic heterocycles. The predicted octanol–water partition coefficient (Wildman–Crippen LogP) is 2.93. The van der Waals surface area contributed by atoms with Crippen molar-refractivity contribution >= 4 is 11.6 Å². The van der Waals surface area contributed by atoms with E-state index in [4.69, 9.17) is 0 Å². The molecule has 1 aromatic carbocycles. The first kappa shape index (κ1) is 14.5. The third kappa shape index (κ3) is 3.15. The van der Waals surface area contributed by atoms with Crippen LogP contribution >= 0.6 is 0 Å². The molecule has 1 heterocycles. The highest BCUT2D eigenvalue weighted by Gasteiger charge is 2.26. The molecule has 20 heavy (non-hydrogen) atoms. The minimum atomic E-state index is -0.421. The van der Waals surface area contributed by atoms with Crippen LogP contribution < -0.4 is 0 Å². The molecule has 1 amide bonds. The molecular formula is C15H20N2O3. The summed E-state index contributed by atoms with van der Waals surface area (Å²) in [4.78, 5) is 24.9. The summed E-state index contributed by atoms with van der Waals surface area (Å²) in [6.07, 6.45) is 4.29. The van der Waals surface area contributed by atoms with Gasteiger partial charge in [0.2, 0.25) is 5.91 Å². The average molecular weight is 276 g/mol. The molecule has 1 atom stereocenters. The lowest BCUT2D eigenvalue weighted by molar-refractivity contribution is -0.385. The summed E-state index contributed by atoms with van der Waals surface area (Å²) >= 11 is 0. The molecule has 1 fully saturated rings. The summed E-state index contributed by atoms with van der Waals surface area (Å²) in [5.41, 5.74) is 0.536. The molecule has 0 spiro atoms. The minimum absolute atomic E-state index is 0.00542. The number of para-hydroxylation sites is 1. The SMILES string of the molecule is CCC1CCCCN1C(=O)Cc1ccccc1[N+](=O)[O-]. The van der Waals surface area contributed by atoms with Gasteiger partial charge >= 0.3 is 0 Å². The van der Waals surface area contributed by atoms with Gasteiger partial charge in [0.15, 0.2) is 0 Å². The molecule has 0 aliphatic carbocycles. The molecule has 0 saturated carbocycles. The van der Waals surface area contributed by atoms with Gasteiger partial charge in [-0.15, -0.1) is 0 Å². The molecule has 108 valence electrons. The number of piperidine rings is 1. The quantitative estimate of drug-likeness (QED) is 0.627. The smallest absolute Gasteiger partial charge is 0.273 e. The Balaban J connectivity index is 2.13. The molecule has 0 aromatic heterocycles. The van der Waals surface area contributed by atoms with Crippen molar-refractivity contribution in [1.82, 2.24) is 4.90 Å². The Bertz CT molecular complexity index is 502. The molecule has 0 bridgehead atoms. The van der Waals surface area contributed by atoms with E-state index in [-0.39, 0.29) is 18.0 Å². The third-order valence-electron chi connectivity index (χ3n) is 3.95. The normalized spacial score (nSPS) is 18.9. The number of nitro benzene ring substituents is 1. The second kappa shape index (κ2) is 6.50. The van der Waals surface area contributed by atoms with Crippen molar-refractivity contribution in [2.24, 2.45) is 0 Å². The van der Waals surface area contributed by atoms with Gasteiger partial charge in [0.1, 0.15) is 0 Å². The Morgan fingerprint density at radius 1 is 1.40 bits per heavy atom. The monoisotopic (exact) mass is 276 g/mol. The molecule has 1 saturated heterocycles. The highest BCUT2D eigenvalue weighted by Crippen LogP contribution is 2.23. The van der Waals surface area contributed by atoms with Gasteiger partial charge in [-0.25, -0.2) is 0 Å². The Hall–Kier alpha value is -1.91. The summed E-state index contributed by atoms with van der Waals surface area (Å²) in [7, 11) is 0. The number of rotatable bonds is 4. The van der Waals surface area contributed by atoms with Crippen LogP contribution in [0.5, 0.6) is 0 Å². The fourth-order valence-electron chi connectivity index (χ4n) is 2.86. The Kier molecular flexibility index (Phi) is 4.71. The standard InChI is InChI=1S/C15H20N2O3/c1-2-13-8-5-6-10-16(13)15(18)11-12-7-3-4-9-14(12)17(19)20/h3-4,7,9,13H,2,5-6,8,10-11H2,1H3. The van der Waals surface area contributed by atoms with Crippen molar-refractivity contribution in [2.45, 2.75) is 45.1 Å². The van der Waals surface area contributed by atoms with Crippen molar-refractivity contribution in [1.29, 1.82) is 0 Å². The zero-order chi connectivity index (χ0) is 14.5. The second-order valence-corrected chi connectivity index (χ2v) is 5.21. The number of hydrogen-bond acceptors (Lipinski definition) is 3. The fraction of sp³-hybridized carbons (Fsp3) is 0.533. The van der Waals surface area contributed by atoms with E-state index in [1.54, 1.807) is 18.2 Å². The van der Waals surface area contributed by atoms with Crippen LogP contribution in [-0.4, -0.2) is 28.3 Å². The number of amides is 1. The Morgan fingerprint density at radius 2 is 2.15 bits per heavy atom. The van der Waals surface area contributed by atoms with Gasteiger partial charge in [0.25, 0.3) is 5.69 Å². The number of likely N-dealkylation sites (tertiary alicyclic amines) is 1. The number of carbonyl (C=O) groups excluding carboxylic acids is 1. The van der Waals surface area contributed by atoms with E-state index in [0.29, 0.717) is 11.6 Å². The van der Waals surface area contributed by atoms with Crippen LogP contribution in [0, 0.1) is 10.1 Å². The van der Waals surface area contributed by atoms with E-state index < -0.39 is 4.92 Å². The van der Waals surface area contributed by atoms with Crippen LogP contribution in [0.15, 0.2) is 24.3 Å². The van der Waals surface area contributed by atoms with Gasteiger partial charge in [0, 0.05) is 24.2 Å². The average Bonchev–Trinajstić information content (AvgIpc) is 2.47. The lowest BCUT2D eigenvalue weighted by atomic mass is 9.98. The van der Waals surface area contributed by atoms with Crippen molar-refractivity contribution < 1.29 is 9.72 Å². The number of benzene rings is 1. The van der Waals surface area contributed by atoms with Crippen molar-refractivity contribution in [3.8, 4) is 0 Å². The van der Waals surface area contributed by atoms with E-state index in [9.17, 15) is 14.9 Å². The molecule has 2 rings (SSSR count). The number of carbonyl (C=O) groups is 1. The maximum Gasteiger partial charge on any atom is 0.273 e. The van der Waals surface area contributed by atoms with Gasteiger partial charge in [-0.3, -0.25) is 14.9 Å². The number of nitrogens with zero attached hydrogens (tertiary/aromatic N) is 2. The van der Waals surface area contributed by atoms with E-state index >= 15 is 0 Å². The molecule has 5 nitrogen and oxygen atoms in total. The molecule has 1 aromatic rings. The number of nitro groups is 1. The Morgan fingerprint density at radius 3 is 2.85 bits per heavy atom. The molecular weight excluding hydrogens is 256 g/mol. The van der Waals surface area contributed by atoms with Gasteiger partial charge < -0.3 is 4.90 Å². The summed E-state index contributed by atoms with van der Waals surface area (Å²) in [6, 6.07) is 6.78. The molecule has 0 N–H and O–H groups in total. The second-order valence-electron chi connectivity index (χ2n) is 5.21. The van der Waals surface area contributed by atoms with Crippen molar-refractivity contribution in [3.63, 3.8) is 0 Å². The largest absolute Gasteiger partial charge is 0.339 e. The maximum atomic E-state index is 12.4. The lowest BCUT2D eigenvalue weighted by Crippen LogP contribution is -2.44. The first-order valence-corrected chi connectivity index (χ1v) is 7.15. The topological polar surface area (TPSA) is 63.5 Å². The first-order valence-electron chi connectivity index (χ1n) is 7.15. The predicted molar refractivity (Wildman–Crippen MR) is 76.4 cm³/mol. The van der Waals surface area contributed by atoms with Crippen LogP contribution in [0.1, 0.15) is 38.2 Å². The zero-order valence-corrected chi connectivity index (χ0v) is 11.7. The van der Waals surface area contributed by atoms with Crippen LogP contribution in [0.2, 0.25) is 0 Å². The van der Waals surface area contributed by atoms with Gasteiger partial charge in [-0.2, -0.15) is 0 Å². The Labute approximate surface area is 118 Å². The summed E-state index contributed by atoms with van der Waals surface area (Å²) in [5, 5.41) is 11.0. The van der Waals surface area contributed by atoms with Crippen LogP contribution in [-0.2, 0) is 11.2 Å².